The van der Waals surface area contributed by atoms with Gasteiger partial charge < -0.3 is 0 Å². The van der Waals surface area contributed by atoms with Gasteiger partial charge in [0.2, 0.25) is 0 Å². The van der Waals surface area contributed by atoms with E-state index >= 15 is 0 Å². The molecule has 2 heteroatoms. The van der Waals surface area contributed by atoms with E-state index in [4.69, 9.17) is 0 Å². The molecule has 0 heterocycles. The third kappa shape index (κ3) is 2.98. The van der Waals surface area contributed by atoms with Crippen molar-refractivity contribution in [3.63, 3.8) is 0 Å². The Morgan fingerprint density at radius 3 is 1.40 bits per heavy atom. The highest BCUT2D eigenvalue weighted by Gasteiger charge is 2.27. The van der Waals surface area contributed by atoms with Gasteiger partial charge in [0, 0.05) is 0 Å². The maximum atomic E-state index is 3.75. The lowest BCUT2D eigenvalue weighted by Crippen LogP contribution is -2.40. The topological polar surface area (TPSA) is 0 Å². The van der Waals surface area contributed by atoms with E-state index in [0.717, 1.165) is 0 Å². The van der Waals surface area contributed by atoms with Crippen LogP contribution in [-0.4, -0.2) is 13.0 Å². The van der Waals surface area contributed by atoms with Gasteiger partial charge in [0.1, 0.15) is 0 Å². The summed E-state index contributed by atoms with van der Waals surface area (Å²) in [6, 6.07) is 0. The van der Waals surface area contributed by atoms with Crippen LogP contribution in [-0.2, 0) is 0 Å². The Morgan fingerprint density at radius 2 is 1.40 bits per heavy atom. The highest BCUT2D eigenvalue weighted by Crippen LogP contribution is 2.24. The number of hydrogen-bond acceptors (Lipinski definition) is 0. The van der Waals surface area contributed by atoms with Crippen LogP contribution in [0.3, 0.4) is 0 Å². The summed E-state index contributed by atoms with van der Waals surface area (Å²) in [5, 5.41) is 0. The van der Waals surface area contributed by atoms with Gasteiger partial charge in [0.15, 0.2) is 0 Å². The fourth-order valence-electron chi connectivity index (χ4n) is 1.12. The van der Waals surface area contributed by atoms with Gasteiger partial charge in [0.25, 0.3) is 0 Å². The van der Waals surface area contributed by atoms with Crippen LogP contribution < -0.4 is 0 Å². The average Bonchev–Trinajstić information content (AvgIpc) is 1.59. The summed E-state index contributed by atoms with van der Waals surface area (Å²) in [4.78, 5) is 1.51. The predicted octanol–water partition coefficient (Wildman–Crippen LogP) is 3.23. The maximum absolute atomic E-state index is 3.75. The molecule has 0 saturated carbocycles. The molecule has 0 saturated heterocycles. The van der Waals surface area contributed by atoms with Gasteiger partial charge in [-0.05, 0) is 5.41 Å². The van der Waals surface area contributed by atoms with Crippen LogP contribution in [0.1, 0.15) is 20.8 Å². The standard InChI is InChI=1S/C8H19PSi/c1-8(2,3)7(9)10(4,5)6/h9H,1-6H3. The molecule has 0 aromatic heterocycles. The van der Waals surface area contributed by atoms with Crippen molar-refractivity contribution in [2.24, 2.45) is 5.41 Å². The molecule has 0 aliphatic rings. The van der Waals surface area contributed by atoms with Crippen molar-refractivity contribution in [1.29, 1.82) is 0 Å². The Balaban J connectivity index is 4.40. The molecule has 0 aromatic rings. The van der Waals surface area contributed by atoms with Crippen molar-refractivity contribution in [3.8, 4) is 0 Å². The lowest BCUT2D eigenvalue weighted by molar-refractivity contribution is 0.607. The van der Waals surface area contributed by atoms with E-state index in [2.05, 4.69) is 49.3 Å². The molecule has 0 radical (unpaired) electrons. The fourth-order valence-corrected chi connectivity index (χ4v) is 3.38. The molecule has 60 valence electrons. The normalized spacial score (nSPS) is 13.4. The van der Waals surface area contributed by atoms with Crippen LogP contribution >= 0.6 is 8.86 Å². The molecular formula is C8H19PSi. The molecule has 0 aliphatic heterocycles. The zero-order valence-corrected chi connectivity index (χ0v) is 10.0. The van der Waals surface area contributed by atoms with Crippen LogP contribution in [0.4, 0.5) is 0 Å². The second-order valence-electron chi connectivity index (χ2n) is 4.88. The first-order valence-corrected chi connectivity index (χ1v) is 7.75. The molecule has 0 aromatic carbocycles. The quantitative estimate of drug-likeness (QED) is 0.423. The minimum absolute atomic E-state index is 0.335. The van der Waals surface area contributed by atoms with Crippen LogP contribution in [0.25, 0.3) is 0 Å². The van der Waals surface area contributed by atoms with Crippen molar-refractivity contribution in [3.05, 3.63) is 0 Å². The second kappa shape index (κ2) is 2.79. The van der Waals surface area contributed by atoms with E-state index in [1.54, 1.807) is 0 Å². The molecule has 0 N–H and O–H groups in total. The molecule has 0 rings (SSSR count). The average molecular weight is 174 g/mol. The van der Waals surface area contributed by atoms with Crippen LogP contribution in [0.2, 0.25) is 19.6 Å². The lowest BCUT2D eigenvalue weighted by atomic mass is 10.0. The van der Waals surface area contributed by atoms with Gasteiger partial charge in [-0.3, -0.25) is 0 Å². The van der Waals surface area contributed by atoms with E-state index in [9.17, 15) is 0 Å². The Morgan fingerprint density at radius 1 is 1.10 bits per heavy atom. The summed E-state index contributed by atoms with van der Waals surface area (Å²) < 4.78 is 0. The molecule has 10 heavy (non-hydrogen) atoms. The van der Waals surface area contributed by atoms with E-state index in [0.29, 0.717) is 5.41 Å². The minimum Gasteiger partial charge on any atom is -0.127 e. The predicted molar refractivity (Wildman–Crippen MR) is 56.1 cm³/mol. The van der Waals surface area contributed by atoms with Gasteiger partial charge in [-0.1, -0.05) is 45.3 Å². The first kappa shape index (κ1) is 10.4. The largest absolute Gasteiger partial charge is 0.127 e. The van der Waals surface area contributed by atoms with Crippen molar-refractivity contribution in [2.75, 3.05) is 0 Å². The summed E-state index contributed by atoms with van der Waals surface area (Å²) in [7, 11) is 2.68. The van der Waals surface area contributed by atoms with E-state index < -0.39 is 8.07 Å². The molecule has 0 nitrogen and oxygen atoms in total. The first-order chi connectivity index (χ1) is 4.15. The number of rotatable bonds is 1. The Hall–Kier alpha value is 0.387. The van der Waals surface area contributed by atoms with Crippen molar-refractivity contribution in [2.45, 2.75) is 40.4 Å². The Labute approximate surface area is 68.3 Å². The van der Waals surface area contributed by atoms with Crippen molar-refractivity contribution in [1.82, 2.24) is 0 Å². The minimum atomic E-state index is -1.07. The van der Waals surface area contributed by atoms with Crippen molar-refractivity contribution < 1.29 is 0 Å². The second-order valence-corrected chi connectivity index (χ2v) is 10.9. The van der Waals surface area contributed by atoms with Gasteiger partial charge in [-0.2, -0.15) is 0 Å². The van der Waals surface area contributed by atoms with E-state index in [1.807, 2.05) is 0 Å². The molecule has 0 atom stereocenters. The molecule has 0 unspecified atom stereocenters. The van der Waals surface area contributed by atoms with Crippen LogP contribution in [0.15, 0.2) is 0 Å². The summed E-state index contributed by atoms with van der Waals surface area (Å²) >= 11 is 0. The zero-order valence-electron chi connectivity index (χ0n) is 8.00. The Kier molecular flexibility index (Phi) is 2.90. The molecular weight excluding hydrogens is 155 g/mol. The summed E-state index contributed by atoms with van der Waals surface area (Å²) in [6.07, 6.45) is 0. The lowest BCUT2D eigenvalue weighted by Gasteiger charge is -2.30. The monoisotopic (exact) mass is 174 g/mol. The van der Waals surface area contributed by atoms with Gasteiger partial charge in [-0.25, -0.2) is 0 Å². The maximum Gasteiger partial charge on any atom is 0.0782 e. The molecule has 0 spiro atoms. The summed E-state index contributed by atoms with van der Waals surface area (Å²) in [5.74, 6) is 0. The van der Waals surface area contributed by atoms with E-state index in [-0.39, 0.29) is 0 Å². The van der Waals surface area contributed by atoms with Gasteiger partial charge in [-0.15, -0.1) is 8.86 Å². The SMILES string of the molecule is CC(C)(C)C(=P)[Si](C)(C)C. The van der Waals surface area contributed by atoms with Gasteiger partial charge >= 0.3 is 0 Å². The van der Waals surface area contributed by atoms with Crippen molar-refractivity contribution >= 4 is 21.9 Å². The third-order valence-corrected chi connectivity index (χ3v) is 6.75. The molecule has 0 aliphatic carbocycles. The summed E-state index contributed by atoms with van der Waals surface area (Å²) in [5.41, 5.74) is 0.335. The van der Waals surface area contributed by atoms with Gasteiger partial charge in [0.05, 0.1) is 8.07 Å². The van der Waals surface area contributed by atoms with E-state index in [1.165, 1.54) is 4.92 Å². The summed E-state index contributed by atoms with van der Waals surface area (Å²) in [6.45, 7) is 13.9. The highest BCUT2D eigenvalue weighted by molar-refractivity contribution is 7.37. The highest BCUT2D eigenvalue weighted by atomic mass is 31.0. The van der Waals surface area contributed by atoms with Crippen LogP contribution in [0, 0.1) is 5.41 Å². The molecule has 0 fully saturated rings. The molecule has 0 amide bonds. The smallest absolute Gasteiger partial charge is 0.0782 e. The first-order valence-electron chi connectivity index (χ1n) is 3.75. The fraction of sp³-hybridized carbons (Fsp3) is 0.875. The Bertz CT molecular complexity index is 120. The molecule has 0 bridgehead atoms. The zero-order chi connectivity index (χ0) is 8.58. The van der Waals surface area contributed by atoms with Crippen LogP contribution in [0.5, 0.6) is 0 Å². The number of hydrogen-bond donors (Lipinski definition) is 0. The third-order valence-electron chi connectivity index (χ3n) is 1.50.